The van der Waals surface area contributed by atoms with Crippen LogP contribution in [0, 0.1) is 13.8 Å². The van der Waals surface area contributed by atoms with Crippen LogP contribution in [0.2, 0.25) is 0 Å². The van der Waals surface area contributed by atoms with E-state index in [1.54, 1.807) is 6.92 Å². The Bertz CT molecular complexity index is 1020. The minimum Gasteiger partial charge on any atom is -0.455 e. The minimum absolute atomic E-state index is 0.0580. The van der Waals surface area contributed by atoms with Gasteiger partial charge >= 0.3 is 0 Å². The zero-order valence-electron chi connectivity index (χ0n) is 14.6. The fourth-order valence-electron chi connectivity index (χ4n) is 3.33. The number of rotatable bonds is 3. The molecule has 6 heteroatoms. The molecule has 0 unspecified atom stereocenters. The van der Waals surface area contributed by atoms with Gasteiger partial charge in [-0.2, -0.15) is 0 Å². The molecular weight excluding hydrogens is 348 g/mol. The van der Waals surface area contributed by atoms with E-state index in [1.165, 1.54) is 11.3 Å². The molecule has 0 aliphatic heterocycles. The Morgan fingerprint density at radius 3 is 2.81 bits per heavy atom. The molecule has 2 aromatic heterocycles. The van der Waals surface area contributed by atoms with E-state index in [-0.39, 0.29) is 17.5 Å². The number of aromatic nitrogens is 1. The lowest BCUT2D eigenvalue weighted by Crippen LogP contribution is -2.13. The molecule has 0 spiro atoms. The van der Waals surface area contributed by atoms with Crippen LogP contribution < -0.4 is 5.32 Å². The summed E-state index contributed by atoms with van der Waals surface area (Å²) in [7, 11) is 0. The lowest BCUT2D eigenvalue weighted by molar-refractivity contribution is 0.0963. The van der Waals surface area contributed by atoms with Crippen molar-refractivity contribution < 1.29 is 14.0 Å². The number of anilines is 1. The van der Waals surface area contributed by atoms with E-state index in [0.717, 1.165) is 23.2 Å². The number of nitrogens with one attached hydrogen (secondary N) is 1. The second kappa shape index (κ2) is 6.53. The van der Waals surface area contributed by atoms with Gasteiger partial charge in [-0.1, -0.05) is 24.3 Å². The second-order valence-electron chi connectivity index (χ2n) is 6.44. The fraction of sp³-hybridized carbons (Fsp3) is 0.250. The van der Waals surface area contributed by atoms with Gasteiger partial charge in [-0.05, 0) is 25.8 Å². The minimum atomic E-state index is -0.365. The van der Waals surface area contributed by atoms with Gasteiger partial charge in [0.25, 0.3) is 5.91 Å². The summed E-state index contributed by atoms with van der Waals surface area (Å²) in [4.78, 5) is 29.2. The third-order valence-corrected chi connectivity index (χ3v) is 5.42. The van der Waals surface area contributed by atoms with E-state index in [2.05, 4.69) is 10.3 Å². The van der Waals surface area contributed by atoms with Crippen molar-refractivity contribution in [3.8, 4) is 11.3 Å². The van der Waals surface area contributed by atoms with Gasteiger partial charge in [0, 0.05) is 29.3 Å². The Hall–Kier alpha value is -2.73. The Labute approximate surface area is 155 Å². The molecular formula is C20H18N2O3S. The van der Waals surface area contributed by atoms with Crippen LogP contribution >= 0.6 is 11.3 Å². The van der Waals surface area contributed by atoms with E-state index < -0.39 is 0 Å². The molecule has 0 atom stereocenters. The van der Waals surface area contributed by atoms with Crippen LogP contribution in [0.15, 0.2) is 34.1 Å². The lowest BCUT2D eigenvalue weighted by atomic mass is 9.94. The molecule has 1 aliphatic rings. The summed E-state index contributed by atoms with van der Waals surface area (Å²) < 4.78 is 5.70. The van der Waals surface area contributed by atoms with Crippen LogP contribution in [0.3, 0.4) is 0 Å². The summed E-state index contributed by atoms with van der Waals surface area (Å²) in [5.74, 6) is 0.527. The maximum atomic E-state index is 12.6. The first-order chi connectivity index (χ1) is 12.5. The number of Topliss-reactive ketones (excluding diaryl/α,β-unsaturated/α-hetero) is 1. The normalized spacial score (nSPS) is 13.5. The van der Waals surface area contributed by atoms with Crippen molar-refractivity contribution >= 4 is 28.2 Å². The van der Waals surface area contributed by atoms with Gasteiger partial charge in [-0.25, -0.2) is 4.98 Å². The highest BCUT2D eigenvalue weighted by Gasteiger charge is 2.29. The molecule has 1 aliphatic carbocycles. The molecule has 1 amide bonds. The third-order valence-electron chi connectivity index (χ3n) is 4.66. The van der Waals surface area contributed by atoms with Crippen molar-refractivity contribution in [2.45, 2.75) is 33.1 Å². The van der Waals surface area contributed by atoms with Gasteiger partial charge in [-0.15, -0.1) is 11.3 Å². The summed E-state index contributed by atoms with van der Waals surface area (Å²) in [6, 6.07) is 7.98. The standard InChI is InChI=1S/C20H18N2O3S/c1-11-6-3-4-7-13(11)14-10-26-20(21-14)22-19(24)18-12(2)17-15(23)8-5-9-16(17)25-18/h3-4,6-7,10H,5,8-9H2,1-2H3,(H,21,22,24). The molecule has 26 heavy (non-hydrogen) atoms. The zero-order chi connectivity index (χ0) is 18.3. The molecule has 132 valence electrons. The van der Waals surface area contributed by atoms with Gasteiger partial charge in [0.15, 0.2) is 16.7 Å². The molecule has 1 N–H and O–H groups in total. The topological polar surface area (TPSA) is 72.2 Å². The Kier molecular flexibility index (Phi) is 4.20. The molecule has 2 heterocycles. The Balaban J connectivity index is 1.58. The highest BCUT2D eigenvalue weighted by Crippen LogP contribution is 2.31. The molecule has 0 bridgehead atoms. The largest absolute Gasteiger partial charge is 0.455 e. The number of hydrogen-bond acceptors (Lipinski definition) is 5. The Morgan fingerprint density at radius 1 is 1.23 bits per heavy atom. The molecule has 1 aromatic carbocycles. The number of amides is 1. The van der Waals surface area contributed by atoms with Crippen molar-refractivity contribution in [3.05, 3.63) is 57.9 Å². The van der Waals surface area contributed by atoms with Crippen molar-refractivity contribution in [2.24, 2.45) is 0 Å². The van der Waals surface area contributed by atoms with Gasteiger partial charge in [0.05, 0.1) is 11.3 Å². The number of furan rings is 1. The van der Waals surface area contributed by atoms with Crippen LogP contribution in [0.25, 0.3) is 11.3 Å². The number of thiazole rings is 1. The maximum absolute atomic E-state index is 12.6. The Morgan fingerprint density at radius 2 is 2.04 bits per heavy atom. The summed E-state index contributed by atoms with van der Waals surface area (Å²) >= 11 is 1.37. The molecule has 0 radical (unpaired) electrons. The quantitative estimate of drug-likeness (QED) is 0.723. The predicted molar refractivity (Wildman–Crippen MR) is 101 cm³/mol. The fourth-order valence-corrected chi connectivity index (χ4v) is 4.04. The number of nitrogens with zero attached hydrogens (tertiary/aromatic N) is 1. The van der Waals surface area contributed by atoms with Gasteiger partial charge in [0.2, 0.25) is 0 Å². The first-order valence-corrected chi connectivity index (χ1v) is 9.41. The summed E-state index contributed by atoms with van der Waals surface area (Å²) in [5, 5.41) is 5.22. The molecule has 4 rings (SSSR count). The zero-order valence-corrected chi connectivity index (χ0v) is 15.4. The maximum Gasteiger partial charge on any atom is 0.293 e. The van der Waals surface area contributed by atoms with Crippen molar-refractivity contribution in [2.75, 3.05) is 5.32 Å². The SMILES string of the molecule is Cc1ccccc1-c1csc(NC(=O)c2oc3c(c2C)C(=O)CCC3)n1. The molecule has 5 nitrogen and oxygen atoms in total. The summed E-state index contributed by atoms with van der Waals surface area (Å²) in [6.45, 7) is 3.79. The first-order valence-electron chi connectivity index (χ1n) is 8.53. The number of carbonyl (C=O) groups excluding carboxylic acids is 2. The lowest BCUT2D eigenvalue weighted by Gasteiger charge is -2.07. The highest BCUT2D eigenvalue weighted by atomic mass is 32.1. The van der Waals surface area contributed by atoms with E-state index in [0.29, 0.717) is 34.9 Å². The number of benzene rings is 1. The monoisotopic (exact) mass is 366 g/mol. The molecule has 0 saturated carbocycles. The van der Waals surface area contributed by atoms with Crippen LogP contribution in [-0.2, 0) is 6.42 Å². The van der Waals surface area contributed by atoms with E-state index >= 15 is 0 Å². The van der Waals surface area contributed by atoms with Crippen LogP contribution in [0.4, 0.5) is 5.13 Å². The number of hydrogen-bond donors (Lipinski definition) is 1. The van der Waals surface area contributed by atoms with Gasteiger partial charge in [0.1, 0.15) is 5.76 Å². The smallest absolute Gasteiger partial charge is 0.293 e. The average Bonchev–Trinajstić information content (AvgIpc) is 3.21. The van der Waals surface area contributed by atoms with E-state index in [9.17, 15) is 9.59 Å². The number of carbonyl (C=O) groups is 2. The number of ketones is 1. The molecule has 0 fully saturated rings. The van der Waals surface area contributed by atoms with E-state index in [4.69, 9.17) is 4.42 Å². The average molecular weight is 366 g/mol. The molecule has 3 aromatic rings. The summed E-state index contributed by atoms with van der Waals surface area (Å²) in [6.07, 6.45) is 1.98. The van der Waals surface area contributed by atoms with Crippen molar-refractivity contribution in [3.63, 3.8) is 0 Å². The van der Waals surface area contributed by atoms with Crippen molar-refractivity contribution in [1.82, 2.24) is 4.98 Å². The van der Waals surface area contributed by atoms with Crippen LogP contribution in [-0.4, -0.2) is 16.7 Å². The first kappa shape index (κ1) is 16.7. The number of fused-ring (bicyclic) bond motifs is 1. The van der Waals surface area contributed by atoms with E-state index in [1.807, 2.05) is 36.6 Å². The molecule has 0 saturated heterocycles. The van der Waals surface area contributed by atoms with Crippen LogP contribution in [0.1, 0.15) is 50.6 Å². The second-order valence-corrected chi connectivity index (χ2v) is 7.30. The van der Waals surface area contributed by atoms with Gasteiger partial charge < -0.3 is 4.42 Å². The number of aryl methyl sites for hydroxylation is 2. The third kappa shape index (κ3) is 2.86. The highest BCUT2D eigenvalue weighted by molar-refractivity contribution is 7.14. The van der Waals surface area contributed by atoms with Gasteiger partial charge in [-0.3, -0.25) is 14.9 Å². The predicted octanol–water partition coefficient (Wildman–Crippen LogP) is 4.79. The summed E-state index contributed by atoms with van der Waals surface area (Å²) in [5.41, 5.74) is 4.20. The van der Waals surface area contributed by atoms with Crippen molar-refractivity contribution in [1.29, 1.82) is 0 Å². The van der Waals surface area contributed by atoms with Crippen LogP contribution in [0.5, 0.6) is 0 Å².